The molecule has 6 atom stereocenters. The molecule has 1 amide bonds. The maximum Gasteiger partial charge on any atom is 0.239 e. The van der Waals surface area contributed by atoms with Gasteiger partial charge >= 0.3 is 0 Å². The molecule has 0 bridgehead atoms. The quantitative estimate of drug-likeness (QED) is 0.0445. The lowest BCUT2D eigenvalue weighted by atomic mass is 9.55. The van der Waals surface area contributed by atoms with E-state index < -0.39 is 17.7 Å². The van der Waals surface area contributed by atoms with Crippen LogP contribution in [-0.2, 0) is 20.9 Å². The van der Waals surface area contributed by atoms with Crippen molar-refractivity contribution in [3.05, 3.63) is 108 Å². The van der Waals surface area contributed by atoms with E-state index in [9.17, 15) is 14.6 Å². The predicted octanol–water partition coefficient (Wildman–Crippen LogP) is 11.0. The van der Waals surface area contributed by atoms with Gasteiger partial charge in [-0.05, 0) is 129 Å². The van der Waals surface area contributed by atoms with E-state index in [1.807, 2.05) is 54.5 Å². The Morgan fingerprint density at radius 2 is 1.71 bits per heavy atom. The third-order valence-electron chi connectivity index (χ3n) is 13.4. The number of carbonyl (C=O) groups is 1. The van der Waals surface area contributed by atoms with E-state index in [0.717, 1.165) is 78.0 Å². The molecular weight excluding hydrogens is 804 g/mol. The average Bonchev–Trinajstić information content (AvgIpc) is 3.82. The summed E-state index contributed by atoms with van der Waals surface area (Å²) in [5.74, 6) is 0.431. The first-order valence-electron chi connectivity index (χ1n) is 22.9. The average molecular weight is 869 g/mol. The van der Waals surface area contributed by atoms with Crippen LogP contribution in [0.4, 0.5) is 4.39 Å². The van der Waals surface area contributed by atoms with Crippen LogP contribution in [0.2, 0.25) is 0 Å². The fourth-order valence-corrected chi connectivity index (χ4v) is 11.0. The maximum absolute atomic E-state index is 15.0. The molecule has 0 radical (unpaired) electrons. The Morgan fingerprint density at radius 3 is 2.40 bits per heavy atom. The van der Waals surface area contributed by atoms with Gasteiger partial charge in [-0.3, -0.25) is 4.79 Å². The number of rotatable bonds is 22. The number of carbonyl (C=O) groups excluding carboxylic acids is 1. The molecule has 0 saturated heterocycles. The summed E-state index contributed by atoms with van der Waals surface area (Å²) in [5.41, 5.74) is 3.54. The fraction of sp³-hybridized carbons (Fsp3) is 0.529. The highest BCUT2D eigenvalue weighted by atomic mass is 32.2. The minimum absolute atomic E-state index is 0.00429. The van der Waals surface area contributed by atoms with Crippen molar-refractivity contribution in [1.29, 1.82) is 0 Å². The second-order valence-electron chi connectivity index (χ2n) is 17.3. The van der Waals surface area contributed by atoms with Crippen LogP contribution in [-0.4, -0.2) is 71.2 Å². The van der Waals surface area contributed by atoms with Crippen molar-refractivity contribution in [3.8, 4) is 17.2 Å². The van der Waals surface area contributed by atoms with Gasteiger partial charge in [0.1, 0.15) is 35.7 Å². The fourth-order valence-electron chi connectivity index (χ4n) is 10.6. The molecule has 4 aliphatic rings. The lowest BCUT2D eigenvalue weighted by molar-refractivity contribution is -0.258. The Morgan fingerprint density at radius 1 is 0.984 bits per heavy atom. The molecule has 11 heteroatoms. The molecule has 9 nitrogen and oxygen atoms in total. The van der Waals surface area contributed by atoms with Crippen LogP contribution in [0.3, 0.4) is 0 Å². The van der Waals surface area contributed by atoms with Crippen molar-refractivity contribution >= 4 is 23.4 Å². The van der Waals surface area contributed by atoms with Crippen LogP contribution in [0.25, 0.3) is 0 Å². The number of amides is 1. The summed E-state index contributed by atoms with van der Waals surface area (Å²) in [6.45, 7) is 6.98. The molecule has 2 N–H and O–H groups in total. The number of oxime groups is 1. The summed E-state index contributed by atoms with van der Waals surface area (Å²) < 4.78 is 35.5. The molecule has 3 aliphatic carbocycles. The maximum atomic E-state index is 15.0. The van der Waals surface area contributed by atoms with E-state index in [2.05, 4.69) is 18.7 Å². The van der Waals surface area contributed by atoms with Crippen LogP contribution < -0.4 is 9.47 Å². The van der Waals surface area contributed by atoms with Crippen molar-refractivity contribution in [2.75, 3.05) is 32.7 Å². The molecule has 3 aromatic carbocycles. The summed E-state index contributed by atoms with van der Waals surface area (Å²) in [7, 11) is 0. The molecule has 2 saturated carbocycles. The first kappa shape index (κ1) is 45.9. The van der Waals surface area contributed by atoms with Gasteiger partial charge in [-0.2, -0.15) is 0 Å². The number of thioether (sulfide) groups is 1. The smallest absolute Gasteiger partial charge is 0.239 e. The highest BCUT2D eigenvalue weighted by Crippen LogP contribution is 2.62. The lowest BCUT2D eigenvalue weighted by Gasteiger charge is -2.60. The molecule has 62 heavy (non-hydrogen) atoms. The standard InChI is InChI=1S/C51H65FN2O7S/c1-4-30-58-51-47(54(34-36-16-19-38(52)20-17-36)48(57)27-18-35-12-6-7-13-35)33-45(53-59-5-2)43-31-37(14-8-10-28-55)42(15-9-11-29-56)49(50(43)51)44-32-40(23-26-46(44)61-51)60-39-21-24-41(62-3)25-22-39/h4,16-17,19-26,31-32,35,37,42,47,49-50,55-56H,1,5-15,18,27-30,33-34H2,2-3H3/t37-,42+,47-,49+,50+,51+/m0/s1. The van der Waals surface area contributed by atoms with E-state index in [-0.39, 0.29) is 55.8 Å². The molecule has 334 valence electrons. The number of benzene rings is 3. The summed E-state index contributed by atoms with van der Waals surface area (Å²) in [6.07, 6.45) is 17.0. The zero-order chi connectivity index (χ0) is 43.5. The Kier molecular flexibility index (Phi) is 16.2. The highest BCUT2D eigenvalue weighted by Gasteiger charge is 2.65. The van der Waals surface area contributed by atoms with Gasteiger partial charge in [-0.1, -0.05) is 68.0 Å². The molecule has 2 fully saturated rings. The number of hydrogen-bond acceptors (Lipinski definition) is 9. The van der Waals surface area contributed by atoms with Crippen LogP contribution in [0.1, 0.15) is 107 Å². The topological polar surface area (TPSA) is 110 Å². The van der Waals surface area contributed by atoms with Crippen molar-refractivity contribution < 1.29 is 38.4 Å². The van der Waals surface area contributed by atoms with Gasteiger partial charge in [0.05, 0.1) is 18.2 Å². The van der Waals surface area contributed by atoms with Gasteiger partial charge < -0.3 is 34.2 Å². The number of ether oxygens (including phenoxy) is 3. The molecule has 0 aromatic heterocycles. The number of halogens is 1. The number of aliphatic hydroxyl groups is 2. The Labute approximate surface area is 371 Å². The third-order valence-corrected chi connectivity index (χ3v) is 14.2. The molecule has 7 rings (SSSR count). The van der Waals surface area contributed by atoms with E-state index in [1.165, 1.54) is 25.0 Å². The lowest BCUT2D eigenvalue weighted by Crippen LogP contribution is -2.70. The Hall–Kier alpha value is -4.16. The normalized spacial score (nSPS) is 24.8. The summed E-state index contributed by atoms with van der Waals surface area (Å²) in [6, 6.07) is 19.8. The van der Waals surface area contributed by atoms with Crippen LogP contribution in [0, 0.1) is 29.5 Å². The molecule has 1 heterocycles. The van der Waals surface area contributed by atoms with E-state index in [0.29, 0.717) is 49.7 Å². The number of nitrogens with zero attached hydrogens (tertiary/aromatic N) is 2. The Balaban J connectivity index is 1.42. The van der Waals surface area contributed by atoms with Crippen LogP contribution in [0.15, 0.2) is 101 Å². The van der Waals surface area contributed by atoms with Crippen molar-refractivity contribution in [2.45, 2.75) is 120 Å². The zero-order valence-corrected chi connectivity index (χ0v) is 37.3. The molecule has 3 aromatic rings. The second-order valence-corrected chi connectivity index (χ2v) is 18.2. The van der Waals surface area contributed by atoms with Gasteiger partial charge in [0, 0.05) is 49.0 Å². The summed E-state index contributed by atoms with van der Waals surface area (Å²) in [4.78, 5) is 24.0. The highest BCUT2D eigenvalue weighted by molar-refractivity contribution is 7.98. The SMILES string of the molecule is C=CCO[C@@]12Oc3ccc(Oc4ccc(SC)cc4)cc3[C@H]3[C@H](CCCCO)[C@@H](CCCCO)C=C(C(=NOCC)C[C@@H]1N(Cc1ccc(F)cc1)C(=O)CCC1CCCC1)[C@H]32. The van der Waals surface area contributed by atoms with Crippen molar-refractivity contribution in [1.82, 2.24) is 4.90 Å². The first-order valence-corrected chi connectivity index (χ1v) is 24.1. The van der Waals surface area contributed by atoms with Gasteiger partial charge in [0.2, 0.25) is 11.7 Å². The predicted molar refractivity (Wildman–Crippen MR) is 243 cm³/mol. The van der Waals surface area contributed by atoms with Gasteiger partial charge in [0.25, 0.3) is 0 Å². The molecule has 0 spiro atoms. The summed E-state index contributed by atoms with van der Waals surface area (Å²) in [5, 5.41) is 24.8. The second kappa shape index (κ2) is 22.0. The van der Waals surface area contributed by atoms with Crippen molar-refractivity contribution in [3.63, 3.8) is 0 Å². The monoisotopic (exact) mass is 868 g/mol. The minimum Gasteiger partial charge on any atom is -0.459 e. The third kappa shape index (κ3) is 10.4. The largest absolute Gasteiger partial charge is 0.459 e. The molecule has 1 aliphatic heterocycles. The molecule has 0 unspecified atom stereocenters. The minimum atomic E-state index is -1.38. The number of allylic oxidation sites excluding steroid dienone is 1. The number of hydrogen-bond donors (Lipinski definition) is 2. The number of aliphatic hydroxyl groups excluding tert-OH is 2. The first-order chi connectivity index (χ1) is 30.3. The van der Waals surface area contributed by atoms with E-state index in [4.69, 9.17) is 24.2 Å². The van der Waals surface area contributed by atoms with E-state index in [1.54, 1.807) is 30.0 Å². The van der Waals surface area contributed by atoms with E-state index >= 15 is 4.79 Å². The van der Waals surface area contributed by atoms with Crippen LogP contribution in [0.5, 0.6) is 17.2 Å². The number of fused-ring (bicyclic) bond motifs is 2. The Bertz CT molecular complexity index is 2000. The van der Waals surface area contributed by atoms with Gasteiger partial charge in [-0.25, -0.2) is 4.39 Å². The zero-order valence-electron chi connectivity index (χ0n) is 36.5. The van der Waals surface area contributed by atoms with Crippen LogP contribution >= 0.6 is 11.8 Å². The van der Waals surface area contributed by atoms with Gasteiger partial charge in [0.15, 0.2) is 0 Å². The summed E-state index contributed by atoms with van der Waals surface area (Å²) >= 11 is 1.68. The number of unbranched alkanes of at least 4 members (excludes halogenated alkanes) is 2. The molecular formula is C51H65FN2O7S. The van der Waals surface area contributed by atoms with Gasteiger partial charge in [-0.15, -0.1) is 18.3 Å². The van der Waals surface area contributed by atoms with Crippen molar-refractivity contribution in [2.24, 2.45) is 28.8 Å².